The van der Waals surface area contributed by atoms with E-state index in [0.29, 0.717) is 45.4 Å². The number of phenols is 1. The van der Waals surface area contributed by atoms with Crippen LogP contribution in [0.1, 0.15) is 11.1 Å². The first-order valence-corrected chi connectivity index (χ1v) is 8.16. The zero-order valence-electron chi connectivity index (χ0n) is 15.6. The lowest BCUT2D eigenvalue weighted by Gasteiger charge is -2.19. The normalized spacial score (nSPS) is 13.0. The monoisotopic (exact) mass is 371 g/mol. The van der Waals surface area contributed by atoms with E-state index in [1.54, 1.807) is 30.3 Å². The molecule has 0 unspecified atom stereocenters. The molecule has 1 aliphatic heterocycles. The molecule has 0 bridgehead atoms. The third kappa shape index (κ3) is 3.23. The minimum Gasteiger partial charge on any atom is -0.504 e. The molecule has 7 nitrogen and oxygen atoms in total. The lowest BCUT2D eigenvalue weighted by atomic mass is 9.95. The molecule has 1 heterocycles. The van der Waals surface area contributed by atoms with Gasteiger partial charge in [0, 0.05) is 5.56 Å². The molecule has 3 rings (SSSR count). The summed E-state index contributed by atoms with van der Waals surface area (Å²) in [5.41, 5.74) is 2.32. The highest BCUT2D eigenvalue weighted by Gasteiger charge is 2.27. The van der Waals surface area contributed by atoms with Crippen LogP contribution in [0.5, 0.6) is 34.5 Å². The SMILES string of the molecule is COc1ccc(C2=CC(=N)COc3c2cc(OC)c(OC)c3OC)cc1O. The summed E-state index contributed by atoms with van der Waals surface area (Å²) in [6.45, 7) is 0.0739. The van der Waals surface area contributed by atoms with E-state index in [4.69, 9.17) is 29.1 Å². The molecule has 7 heteroatoms. The Morgan fingerprint density at radius 2 is 1.63 bits per heavy atom. The minimum absolute atomic E-state index is 0.00147. The van der Waals surface area contributed by atoms with Crippen LogP contribution in [0.2, 0.25) is 0 Å². The van der Waals surface area contributed by atoms with E-state index in [2.05, 4.69) is 0 Å². The average molecular weight is 371 g/mol. The van der Waals surface area contributed by atoms with Gasteiger partial charge in [0.25, 0.3) is 0 Å². The summed E-state index contributed by atoms with van der Waals surface area (Å²) in [5, 5.41) is 18.3. The van der Waals surface area contributed by atoms with Crippen LogP contribution < -0.4 is 23.7 Å². The van der Waals surface area contributed by atoms with E-state index in [-0.39, 0.29) is 18.1 Å². The quantitative estimate of drug-likeness (QED) is 0.838. The molecule has 0 amide bonds. The number of benzene rings is 2. The highest BCUT2D eigenvalue weighted by molar-refractivity contribution is 6.05. The van der Waals surface area contributed by atoms with E-state index in [1.165, 1.54) is 28.4 Å². The first kappa shape index (κ1) is 18.4. The molecule has 0 saturated heterocycles. The summed E-state index contributed by atoms with van der Waals surface area (Å²) in [6.07, 6.45) is 1.69. The predicted octanol–water partition coefficient (Wildman–Crippen LogP) is 3.27. The lowest BCUT2D eigenvalue weighted by molar-refractivity contribution is 0.298. The molecule has 0 aliphatic carbocycles. The van der Waals surface area contributed by atoms with Crippen LogP contribution in [-0.2, 0) is 0 Å². The number of hydrogen-bond acceptors (Lipinski definition) is 7. The van der Waals surface area contributed by atoms with Crippen LogP contribution in [0.4, 0.5) is 0 Å². The average Bonchev–Trinajstić information content (AvgIpc) is 2.85. The van der Waals surface area contributed by atoms with Crippen molar-refractivity contribution in [2.45, 2.75) is 0 Å². The van der Waals surface area contributed by atoms with Gasteiger partial charge in [-0.1, -0.05) is 6.07 Å². The van der Waals surface area contributed by atoms with E-state index in [1.807, 2.05) is 0 Å². The first-order valence-electron chi connectivity index (χ1n) is 8.16. The van der Waals surface area contributed by atoms with Crippen molar-refractivity contribution in [1.29, 1.82) is 5.41 Å². The summed E-state index contributed by atoms with van der Waals surface area (Å²) in [7, 11) is 6.05. The molecule has 0 fully saturated rings. The third-order valence-corrected chi connectivity index (χ3v) is 4.26. The second kappa shape index (κ2) is 7.49. The van der Waals surface area contributed by atoms with Crippen LogP contribution in [0, 0.1) is 5.41 Å². The van der Waals surface area contributed by atoms with Gasteiger partial charge in [0.05, 0.1) is 34.2 Å². The maximum atomic E-state index is 10.2. The Labute approximate surface area is 157 Å². The van der Waals surface area contributed by atoms with Gasteiger partial charge in [0.15, 0.2) is 23.0 Å². The van der Waals surface area contributed by atoms with Crippen LogP contribution in [0.3, 0.4) is 0 Å². The lowest BCUT2D eigenvalue weighted by Crippen LogP contribution is -2.07. The summed E-state index contributed by atoms with van der Waals surface area (Å²) >= 11 is 0. The number of fused-ring (bicyclic) bond motifs is 1. The van der Waals surface area contributed by atoms with E-state index >= 15 is 0 Å². The van der Waals surface area contributed by atoms with Gasteiger partial charge in [-0.2, -0.15) is 0 Å². The Balaban J connectivity index is 2.28. The van der Waals surface area contributed by atoms with Crippen molar-refractivity contribution in [2.75, 3.05) is 35.0 Å². The Morgan fingerprint density at radius 1 is 0.926 bits per heavy atom. The highest BCUT2D eigenvalue weighted by Crippen LogP contribution is 2.50. The second-order valence-corrected chi connectivity index (χ2v) is 5.78. The van der Waals surface area contributed by atoms with Crippen molar-refractivity contribution >= 4 is 11.3 Å². The van der Waals surface area contributed by atoms with Gasteiger partial charge >= 0.3 is 0 Å². The molecule has 0 aromatic heterocycles. The van der Waals surface area contributed by atoms with Gasteiger partial charge < -0.3 is 34.2 Å². The fraction of sp³-hybridized carbons (Fsp3) is 0.250. The van der Waals surface area contributed by atoms with E-state index in [0.717, 1.165) is 0 Å². The van der Waals surface area contributed by atoms with Crippen LogP contribution in [0.15, 0.2) is 30.3 Å². The van der Waals surface area contributed by atoms with Gasteiger partial charge in [-0.25, -0.2) is 0 Å². The molecule has 0 spiro atoms. The number of methoxy groups -OCH3 is 4. The number of aromatic hydroxyl groups is 1. The van der Waals surface area contributed by atoms with Gasteiger partial charge in [0.1, 0.15) is 6.61 Å². The smallest absolute Gasteiger partial charge is 0.207 e. The zero-order chi connectivity index (χ0) is 19.6. The highest BCUT2D eigenvalue weighted by atomic mass is 16.5. The van der Waals surface area contributed by atoms with E-state index < -0.39 is 0 Å². The molecule has 27 heavy (non-hydrogen) atoms. The van der Waals surface area contributed by atoms with Crippen molar-refractivity contribution < 1.29 is 28.8 Å². The summed E-state index contributed by atoms with van der Waals surface area (Å²) < 4.78 is 27.3. The first-order chi connectivity index (χ1) is 13.0. The molecule has 0 saturated carbocycles. The molecule has 2 aromatic carbocycles. The Kier molecular flexibility index (Phi) is 5.12. The molecule has 1 aliphatic rings. The molecule has 0 atom stereocenters. The minimum atomic E-state index is 0.00147. The van der Waals surface area contributed by atoms with Gasteiger partial charge in [-0.3, -0.25) is 0 Å². The van der Waals surface area contributed by atoms with Crippen molar-refractivity contribution in [1.82, 2.24) is 0 Å². The maximum absolute atomic E-state index is 10.2. The molecular formula is C20H21NO6. The summed E-state index contributed by atoms with van der Waals surface area (Å²) in [6, 6.07) is 6.81. The molecule has 2 aromatic rings. The Bertz CT molecular complexity index is 919. The van der Waals surface area contributed by atoms with Gasteiger partial charge in [0.2, 0.25) is 11.5 Å². The van der Waals surface area contributed by atoms with Crippen molar-refractivity contribution in [3.8, 4) is 34.5 Å². The number of hydrogen-bond donors (Lipinski definition) is 2. The zero-order valence-corrected chi connectivity index (χ0v) is 15.6. The molecule has 2 N–H and O–H groups in total. The number of phenolic OH excluding ortho intramolecular Hbond substituents is 1. The Morgan fingerprint density at radius 3 is 2.22 bits per heavy atom. The van der Waals surface area contributed by atoms with Gasteiger partial charge in [-0.05, 0) is 35.4 Å². The molecule has 142 valence electrons. The summed E-state index contributed by atoms with van der Waals surface area (Å²) in [4.78, 5) is 0. The second-order valence-electron chi connectivity index (χ2n) is 5.78. The fourth-order valence-corrected chi connectivity index (χ4v) is 3.01. The summed E-state index contributed by atoms with van der Waals surface area (Å²) in [5.74, 6) is 2.06. The third-order valence-electron chi connectivity index (χ3n) is 4.26. The van der Waals surface area contributed by atoms with Crippen molar-refractivity contribution in [2.24, 2.45) is 0 Å². The van der Waals surface area contributed by atoms with E-state index in [9.17, 15) is 5.11 Å². The van der Waals surface area contributed by atoms with Crippen LogP contribution in [-0.4, -0.2) is 45.9 Å². The largest absolute Gasteiger partial charge is 0.504 e. The topological polar surface area (TPSA) is 90.2 Å². The Hall–Kier alpha value is -3.35. The standard InChI is InChI=1S/C20H21NO6/c1-23-16-6-5-11(7-15(16)22)13-8-12(21)10-27-18-14(13)9-17(24-2)19(25-3)20(18)26-4/h5-9,21-22H,10H2,1-4H3. The predicted molar refractivity (Wildman–Crippen MR) is 101 cm³/mol. The van der Waals surface area contributed by atoms with Crippen LogP contribution in [0.25, 0.3) is 5.57 Å². The number of ether oxygens (including phenoxy) is 5. The molecule has 0 radical (unpaired) electrons. The van der Waals surface area contributed by atoms with Gasteiger partial charge in [-0.15, -0.1) is 0 Å². The van der Waals surface area contributed by atoms with Crippen molar-refractivity contribution in [3.05, 3.63) is 41.5 Å². The maximum Gasteiger partial charge on any atom is 0.207 e. The fourth-order valence-electron chi connectivity index (χ4n) is 3.01. The number of rotatable bonds is 5. The number of nitrogens with one attached hydrogen (secondary N) is 1. The molecular weight excluding hydrogens is 350 g/mol. The van der Waals surface area contributed by atoms with Crippen LogP contribution >= 0.6 is 0 Å². The van der Waals surface area contributed by atoms with Crippen molar-refractivity contribution in [3.63, 3.8) is 0 Å².